The SMILES string of the molecule is COc1ccc(CCC(=O)N2CCCCCCOc3ccccc3Oc3ncccc3C2)cc1OC. The summed E-state index contributed by atoms with van der Waals surface area (Å²) in [4.78, 5) is 19.8. The van der Waals surface area contributed by atoms with E-state index in [1.54, 1.807) is 20.4 Å². The molecule has 1 amide bonds. The number of carbonyl (C=O) groups excluding carboxylic acids is 1. The van der Waals surface area contributed by atoms with Crippen molar-refractivity contribution in [3.8, 4) is 28.9 Å². The number of para-hydroxylation sites is 2. The zero-order valence-electron chi connectivity index (χ0n) is 21.1. The number of carbonyl (C=O) groups is 1. The number of nitrogens with zero attached hydrogens (tertiary/aromatic N) is 2. The maximum absolute atomic E-state index is 13.4. The van der Waals surface area contributed by atoms with Gasteiger partial charge in [0.2, 0.25) is 11.8 Å². The van der Waals surface area contributed by atoms with Crippen LogP contribution in [-0.2, 0) is 17.8 Å². The summed E-state index contributed by atoms with van der Waals surface area (Å²) in [5.41, 5.74) is 1.90. The zero-order chi connectivity index (χ0) is 25.2. The van der Waals surface area contributed by atoms with Crippen molar-refractivity contribution in [2.45, 2.75) is 45.1 Å². The number of benzene rings is 2. The highest BCUT2D eigenvalue weighted by atomic mass is 16.5. The van der Waals surface area contributed by atoms with Crippen LogP contribution in [-0.4, -0.2) is 43.2 Å². The molecule has 1 aliphatic heterocycles. The molecule has 0 radical (unpaired) electrons. The van der Waals surface area contributed by atoms with Crippen LogP contribution in [0.15, 0.2) is 60.8 Å². The molecule has 0 fully saturated rings. The Hall–Kier alpha value is -3.74. The van der Waals surface area contributed by atoms with E-state index in [0.717, 1.165) is 36.8 Å². The molecule has 0 bridgehead atoms. The topological polar surface area (TPSA) is 70.1 Å². The van der Waals surface area contributed by atoms with E-state index in [4.69, 9.17) is 18.9 Å². The number of rotatable bonds is 5. The third-order valence-corrected chi connectivity index (χ3v) is 6.28. The van der Waals surface area contributed by atoms with Gasteiger partial charge in [0.05, 0.1) is 27.4 Å². The van der Waals surface area contributed by atoms with Crippen molar-refractivity contribution >= 4 is 5.91 Å². The summed E-state index contributed by atoms with van der Waals surface area (Å²) >= 11 is 0. The van der Waals surface area contributed by atoms with Crippen LogP contribution in [0.3, 0.4) is 0 Å². The van der Waals surface area contributed by atoms with Gasteiger partial charge in [0.1, 0.15) is 0 Å². The first-order chi connectivity index (χ1) is 17.7. The molecule has 0 saturated heterocycles. The number of ether oxygens (including phenoxy) is 4. The van der Waals surface area contributed by atoms with E-state index >= 15 is 0 Å². The molecule has 1 aliphatic rings. The van der Waals surface area contributed by atoms with E-state index in [1.165, 1.54) is 0 Å². The summed E-state index contributed by atoms with van der Waals surface area (Å²) in [6.07, 6.45) is 6.72. The summed E-state index contributed by atoms with van der Waals surface area (Å²) in [7, 11) is 3.23. The van der Waals surface area contributed by atoms with Crippen LogP contribution in [0, 0.1) is 0 Å². The van der Waals surface area contributed by atoms with Gasteiger partial charge in [-0.25, -0.2) is 4.98 Å². The molecule has 0 N–H and O–H groups in total. The van der Waals surface area contributed by atoms with Gasteiger partial charge < -0.3 is 23.8 Å². The van der Waals surface area contributed by atoms with Gasteiger partial charge in [-0.1, -0.05) is 37.1 Å². The smallest absolute Gasteiger partial charge is 0.224 e. The van der Waals surface area contributed by atoms with Crippen LogP contribution in [0.4, 0.5) is 0 Å². The second-order valence-corrected chi connectivity index (χ2v) is 8.78. The number of methoxy groups -OCH3 is 2. The Morgan fingerprint density at radius 3 is 2.58 bits per heavy atom. The third-order valence-electron chi connectivity index (χ3n) is 6.28. The van der Waals surface area contributed by atoms with E-state index in [2.05, 4.69) is 4.98 Å². The van der Waals surface area contributed by atoms with E-state index in [0.29, 0.717) is 61.4 Å². The monoisotopic (exact) mass is 490 g/mol. The van der Waals surface area contributed by atoms with Gasteiger partial charge in [0.25, 0.3) is 0 Å². The number of amides is 1. The standard InChI is InChI=1S/C29H34N2O5/c1-33-24-15-13-22(20-27(24)34-2)14-16-28(32)31-18-7-3-4-8-19-35-25-11-5-6-12-26(25)36-29-23(21-31)10-9-17-30-29/h5-6,9-13,15,17,20H,3-4,7-8,14,16,18-19,21H2,1-2H3. The lowest BCUT2D eigenvalue weighted by Crippen LogP contribution is -2.32. The van der Waals surface area contributed by atoms with Gasteiger partial charge in [-0.2, -0.15) is 0 Å². The van der Waals surface area contributed by atoms with Gasteiger partial charge in [-0.05, 0) is 55.2 Å². The maximum Gasteiger partial charge on any atom is 0.224 e. The van der Waals surface area contributed by atoms with E-state index in [-0.39, 0.29) is 5.91 Å². The molecule has 7 heteroatoms. The summed E-state index contributed by atoms with van der Waals surface area (Å²) < 4.78 is 22.9. The highest BCUT2D eigenvalue weighted by Crippen LogP contribution is 2.33. The fourth-order valence-electron chi connectivity index (χ4n) is 4.28. The van der Waals surface area contributed by atoms with Gasteiger partial charge in [-0.15, -0.1) is 0 Å². The number of aromatic nitrogens is 1. The Bertz CT molecular complexity index is 1150. The molecule has 0 atom stereocenters. The van der Waals surface area contributed by atoms with Gasteiger partial charge in [0, 0.05) is 24.7 Å². The minimum Gasteiger partial charge on any atom is -0.493 e. The van der Waals surface area contributed by atoms with Crippen molar-refractivity contribution in [1.82, 2.24) is 9.88 Å². The van der Waals surface area contributed by atoms with E-state index in [1.807, 2.05) is 59.5 Å². The minimum absolute atomic E-state index is 0.107. The molecular weight excluding hydrogens is 456 g/mol. The quantitative estimate of drug-likeness (QED) is 0.450. The van der Waals surface area contributed by atoms with Gasteiger partial charge >= 0.3 is 0 Å². The first-order valence-corrected chi connectivity index (χ1v) is 12.5. The van der Waals surface area contributed by atoms with Crippen molar-refractivity contribution < 1.29 is 23.7 Å². The Morgan fingerprint density at radius 1 is 0.944 bits per heavy atom. The lowest BCUT2D eigenvalue weighted by Gasteiger charge is -2.24. The average molecular weight is 491 g/mol. The Labute approximate surface area is 213 Å². The molecule has 36 heavy (non-hydrogen) atoms. The first-order valence-electron chi connectivity index (χ1n) is 12.5. The number of pyridine rings is 1. The average Bonchev–Trinajstić information content (AvgIpc) is 2.91. The summed E-state index contributed by atoms with van der Waals surface area (Å²) in [6.45, 7) is 1.76. The second kappa shape index (κ2) is 12.8. The predicted octanol–water partition coefficient (Wildman–Crippen LogP) is 5.81. The molecule has 190 valence electrons. The Balaban J connectivity index is 1.52. The molecule has 0 unspecified atom stereocenters. The van der Waals surface area contributed by atoms with Crippen molar-refractivity contribution in [3.63, 3.8) is 0 Å². The van der Waals surface area contributed by atoms with Crippen LogP contribution < -0.4 is 18.9 Å². The fourth-order valence-corrected chi connectivity index (χ4v) is 4.28. The zero-order valence-corrected chi connectivity index (χ0v) is 21.1. The summed E-state index contributed by atoms with van der Waals surface area (Å²) in [6, 6.07) is 17.3. The third kappa shape index (κ3) is 6.68. The lowest BCUT2D eigenvalue weighted by atomic mass is 10.1. The van der Waals surface area contributed by atoms with E-state index < -0.39 is 0 Å². The van der Waals surface area contributed by atoms with Crippen molar-refractivity contribution in [2.75, 3.05) is 27.4 Å². The molecule has 1 aromatic heterocycles. The first kappa shape index (κ1) is 25.4. The van der Waals surface area contributed by atoms with Crippen LogP contribution in [0.1, 0.15) is 43.2 Å². The molecule has 4 rings (SSSR count). The molecule has 0 spiro atoms. The second-order valence-electron chi connectivity index (χ2n) is 8.78. The largest absolute Gasteiger partial charge is 0.493 e. The number of fused-ring (bicyclic) bond motifs is 2. The van der Waals surface area contributed by atoms with Crippen LogP contribution >= 0.6 is 0 Å². The van der Waals surface area contributed by atoms with Crippen molar-refractivity contribution in [3.05, 3.63) is 71.9 Å². The Kier molecular flexibility index (Phi) is 9.03. The Morgan fingerprint density at radius 2 is 1.75 bits per heavy atom. The number of aryl methyl sites for hydroxylation is 1. The van der Waals surface area contributed by atoms with Crippen LogP contribution in [0.2, 0.25) is 0 Å². The minimum atomic E-state index is 0.107. The number of hydrogen-bond donors (Lipinski definition) is 0. The van der Waals surface area contributed by atoms with Crippen LogP contribution in [0.5, 0.6) is 28.9 Å². The molecule has 0 aliphatic carbocycles. The van der Waals surface area contributed by atoms with Crippen molar-refractivity contribution in [2.24, 2.45) is 0 Å². The maximum atomic E-state index is 13.4. The van der Waals surface area contributed by atoms with Crippen LogP contribution in [0.25, 0.3) is 0 Å². The molecule has 7 nitrogen and oxygen atoms in total. The predicted molar refractivity (Wildman–Crippen MR) is 138 cm³/mol. The molecule has 0 saturated carbocycles. The molecular formula is C29H34N2O5. The van der Waals surface area contributed by atoms with Gasteiger partial charge in [0.15, 0.2) is 23.0 Å². The summed E-state index contributed by atoms with van der Waals surface area (Å²) in [5.74, 6) is 3.27. The highest BCUT2D eigenvalue weighted by Gasteiger charge is 2.19. The molecule has 3 aromatic rings. The fraction of sp³-hybridized carbons (Fsp3) is 0.379. The summed E-state index contributed by atoms with van der Waals surface area (Å²) in [5, 5.41) is 0. The van der Waals surface area contributed by atoms with E-state index in [9.17, 15) is 4.79 Å². The molecule has 2 heterocycles. The normalized spacial score (nSPS) is 14.3. The number of hydrogen-bond acceptors (Lipinski definition) is 6. The molecule has 2 aromatic carbocycles. The highest BCUT2D eigenvalue weighted by molar-refractivity contribution is 5.76. The van der Waals surface area contributed by atoms with Gasteiger partial charge in [-0.3, -0.25) is 4.79 Å². The lowest BCUT2D eigenvalue weighted by molar-refractivity contribution is -0.131. The van der Waals surface area contributed by atoms with Crippen molar-refractivity contribution in [1.29, 1.82) is 0 Å².